The van der Waals surface area contributed by atoms with Gasteiger partial charge in [0.15, 0.2) is 5.69 Å². The lowest BCUT2D eigenvalue weighted by atomic mass is 10.2. The van der Waals surface area contributed by atoms with Crippen molar-refractivity contribution in [1.82, 2.24) is 9.55 Å². The second kappa shape index (κ2) is 9.20. The predicted molar refractivity (Wildman–Crippen MR) is 111 cm³/mol. The van der Waals surface area contributed by atoms with Gasteiger partial charge in [-0.1, -0.05) is 31.0 Å². The summed E-state index contributed by atoms with van der Waals surface area (Å²) in [7, 11) is 1.34. The van der Waals surface area contributed by atoms with E-state index >= 15 is 0 Å². The van der Waals surface area contributed by atoms with Crippen molar-refractivity contribution in [2.45, 2.75) is 26.3 Å². The largest absolute Gasteiger partial charge is 0.383 e. The van der Waals surface area contributed by atoms with Crippen molar-refractivity contribution < 1.29 is 9.72 Å². The molecule has 154 valence electrons. The molecule has 1 amide bonds. The highest BCUT2D eigenvalue weighted by atomic mass is 35.5. The Hall–Kier alpha value is -3.40. The molecule has 0 saturated carbocycles. The molecule has 0 aliphatic rings. The van der Waals surface area contributed by atoms with Gasteiger partial charge in [-0.25, -0.2) is 4.79 Å². The normalized spacial score (nSPS) is 11.0. The number of nitrogen functional groups attached to an aromatic ring is 1. The topological polar surface area (TPSA) is 144 Å². The molecule has 1 heterocycles. The first-order valence-corrected chi connectivity index (χ1v) is 9.07. The number of hydrogen-bond acceptors (Lipinski definition) is 6. The molecule has 0 radical (unpaired) electrons. The number of hydrogen-bond donors (Lipinski definition) is 2. The summed E-state index contributed by atoms with van der Waals surface area (Å²) < 4.78 is 1.20. The molecule has 0 bridgehead atoms. The number of benzene rings is 1. The van der Waals surface area contributed by atoms with Gasteiger partial charge in [-0.05, 0) is 24.1 Å². The first kappa shape index (κ1) is 21.9. The van der Waals surface area contributed by atoms with E-state index in [1.165, 1.54) is 35.9 Å². The molecule has 1 aromatic carbocycles. The summed E-state index contributed by atoms with van der Waals surface area (Å²) in [6, 6.07) is 4.07. The van der Waals surface area contributed by atoms with E-state index in [-0.39, 0.29) is 22.2 Å². The van der Waals surface area contributed by atoms with Gasteiger partial charge in [0.1, 0.15) is 10.8 Å². The van der Waals surface area contributed by atoms with Gasteiger partial charge < -0.3 is 10.6 Å². The molecule has 0 saturated heterocycles. The number of aromatic nitrogens is 2. The van der Waals surface area contributed by atoms with Crippen LogP contribution in [-0.4, -0.2) is 27.4 Å². The van der Waals surface area contributed by atoms with E-state index in [0.29, 0.717) is 18.5 Å². The van der Waals surface area contributed by atoms with E-state index in [4.69, 9.17) is 17.3 Å². The summed E-state index contributed by atoms with van der Waals surface area (Å²) in [5.41, 5.74) is 4.47. The molecule has 2 aromatic rings. The Morgan fingerprint density at radius 2 is 2.10 bits per heavy atom. The third-order valence-electron chi connectivity index (χ3n) is 4.20. The Balaban J connectivity index is 2.34. The van der Waals surface area contributed by atoms with Crippen molar-refractivity contribution >= 4 is 40.8 Å². The number of likely N-dealkylation sites (N-methyl/N-ethyl adjacent to an activating group) is 1. The van der Waals surface area contributed by atoms with Crippen LogP contribution in [0.5, 0.6) is 0 Å². The lowest BCUT2D eigenvalue weighted by molar-refractivity contribution is -0.384. The number of rotatable bonds is 7. The number of carbonyl (C=O) groups is 1. The smallest absolute Gasteiger partial charge is 0.330 e. The SMILES string of the molecule is CCCCn1c(N)c(N(C)C(=O)/C=C/c2ccc(Cl)c([N+](=O)[O-])c2)c(=O)[nH]c1=O. The summed E-state index contributed by atoms with van der Waals surface area (Å²) >= 11 is 5.76. The van der Waals surface area contributed by atoms with Gasteiger partial charge in [0.25, 0.3) is 17.2 Å². The standard InChI is InChI=1S/C18H20ClN5O5/c1-3-4-9-23-16(20)15(17(26)21-18(23)27)22(2)14(25)8-6-11-5-7-12(19)13(10-11)24(28)29/h5-8,10H,3-4,9,20H2,1-2H3,(H,21,26,27)/b8-6+. The van der Waals surface area contributed by atoms with E-state index in [0.717, 1.165) is 17.4 Å². The number of nitrogens with zero attached hydrogens (tertiary/aromatic N) is 3. The fourth-order valence-corrected chi connectivity index (χ4v) is 2.79. The fraction of sp³-hybridized carbons (Fsp3) is 0.278. The number of halogens is 1. The molecule has 1 aromatic heterocycles. The van der Waals surface area contributed by atoms with Crippen LogP contribution in [0.1, 0.15) is 25.3 Å². The molecule has 11 heteroatoms. The Bertz CT molecular complexity index is 1090. The molecule has 3 N–H and O–H groups in total. The minimum absolute atomic E-state index is 0.0239. The third-order valence-corrected chi connectivity index (χ3v) is 4.52. The van der Waals surface area contributed by atoms with Crippen LogP contribution in [0.25, 0.3) is 6.08 Å². The van der Waals surface area contributed by atoms with Gasteiger partial charge in [-0.2, -0.15) is 0 Å². The van der Waals surface area contributed by atoms with Crippen molar-refractivity contribution in [3.8, 4) is 0 Å². The minimum atomic E-state index is -0.786. The Labute approximate surface area is 170 Å². The van der Waals surface area contributed by atoms with E-state index in [1.54, 1.807) is 0 Å². The zero-order valence-corrected chi connectivity index (χ0v) is 16.6. The lowest BCUT2D eigenvalue weighted by Crippen LogP contribution is -2.38. The van der Waals surface area contributed by atoms with Crippen LogP contribution in [0.2, 0.25) is 5.02 Å². The Morgan fingerprint density at radius 1 is 1.41 bits per heavy atom. The predicted octanol–water partition coefficient (Wildman–Crippen LogP) is 2.16. The van der Waals surface area contributed by atoms with Crippen LogP contribution in [0, 0.1) is 10.1 Å². The molecule has 0 aliphatic heterocycles. The molecule has 0 spiro atoms. The molecule has 0 unspecified atom stereocenters. The maximum Gasteiger partial charge on any atom is 0.330 e. The first-order valence-electron chi connectivity index (χ1n) is 8.69. The molecular weight excluding hydrogens is 402 g/mol. The van der Waals surface area contributed by atoms with Crippen LogP contribution in [-0.2, 0) is 11.3 Å². The third kappa shape index (κ3) is 4.91. The summed E-state index contributed by atoms with van der Waals surface area (Å²) in [6.45, 7) is 2.24. The molecule has 0 atom stereocenters. The highest BCUT2D eigenvalue weighted by molar-refractivity contribution is 6.32. The highest BCUT2D eigenvalue weighted by Crippen LogP contribution is 2.25. The van der Waals surface area contributed by atoms with E-state index in [9.17, 15) is 24.5 Å². The summed E-state index contributed by atoms with van der Waals surface area (Å²) in [6.07, 6.45) is 3.96. The van der Waals surface area contributed by atoms with Crippen LogP contribution in [0.3, 0.4) is 0 Å². The van der Waals surface area contributed by atoms with E-state index in [2.05, 4.69) is 4.98 Å². The first-order chi connectivity index (χ1) is 13.7. The number of nitrogens with one attached hydrogen (secondary N) is 1. The van der Waals surface area contributed by atoms with Crippen molar-refractivity contribution in [3.63, 3.8) is 0 Å². The summed E-state index contributed by atoms with van der Waals surface area (Å²) in [4.78, 5) is 50.2. The molecule has 0 aliphatic carbocycles. The lowest BCUT2D eigenvalue weighted by Gasteiger charge is -2.19. The number of unbranched alkanes of at least 4 members (excludes halogenated alkanes) is 1. The zero-order chi connectivity index (χ0) is 21.7. The van der Waals surface area contributed by atoms with Crippen molar-refractivity contribution in [2.24, 2.45) is 0 Å². The highest BCUT2D eigenvalue weighted by Gasteiger charge is 2.19. The number of anilines is 2. The van der Waals surface area contributed by atoms with Gasteiger partial charge in [0, 0.05) is 25.7 Å². The van der Waals surface area contributed by atoms with Gasteiger partial charge in [-0.15, -0.1) is 0 Å². The van der Waals surface area contributed by atoms with Gasteiger partial charge in [0.05, 0.1) is 4.92 Å². The molecular formula is C18H20ClN5O5. The molecule has 2 rings (SSSR count). The monoisotopic (exact) mass is 421 g/mol. The number of H-pyrrole nitrogens is 1. The van der Waals surface area contributed by atoms with Crippen LogP contribution in [0.15, 0.2) is 33.9 Å². The van der Waals surface area contributed by atoms with Crippen LogP contribution < -0.4 is 21.9 Å². The Morgan fingerprint density at radius 3 is 2.72 bits per heavy atom. The number of nitro groups is 1. The average molecular weight is 422 g/mol. The Kier molecular flexibility index (Phi) is 6.94. The average Bonchev–Trinajstić information content (AvgIpc) is 2.66. The number of aromatic amines is 1. The zero-order valence-electron chi connectivity index (χ0n) is 15.8. The second-order valence-corrected chi connectivity index (χ2v) is 6.60. The van der Waals surface area contributed by atoms with E-state index in [1.807, 2.05) is 6.92 Å². The maximum absolute atomic E-state index is 12.5. The van der Waals surface area contributed by atoms with Crippen LogP contribution in [0.4, 0.5) is 17.2 Å². The molecule has 29 heavy (non-hydrogen) atoms. The summed E-state index contributed by atoms with van der Waals surface area (Å²) in [5, 5.41) is 10.9. The second-order valence-electron chi connectivity index (χ2n) is 6.20. The summed E-state index contributed by atoms with van der Waals surface area (Å²) in [5.74, 6) is -0.723. The fourth-order valence-electron chi connectivity index (χ4n) is 2.60. The van der Waals surface area contributed by atoms with Crippen molar-refractivity contribution in [3.05, 3.63) is 65.8 Å². The number of carbonyl (C=O) groups excluding carboxylic acids is 1. The number of amides is 1. The van der Waals surface area contributed by atoms with Crippen molar-refractivity contribution in [2.75, 3.05) is 17.7 Å². The maximum atomic E-state index is 12.5. The number of nitrogens with two attached hydrogens (primary N) is 1. The van der Waals surface area contributed by atoms with Gasteiger partial charge in [0.2, 0.25) is 0 Å². The van der Waals surface area contributed by atoms with Crippen molar-refractivity contribution in [1.29, 1.82) is 0 Å². The number of nitro benzene ring substituents is 1. The van der Waals surface area contributed by atoms with Gasteiger partial charge >= 0.3 is 5.69 Å². The molecule has 0 fully saturated rings. The van der Waals surface area contributed by atoms with E-state index < -0.39 is 22.1 Å². The molecule has 10 nitrogen and oxygen atoms in total. The van der Waals surface area contributed by atoms with Crippen LogP contribution >= 0.6 is 11.6 Å². The quantitative estimate of drug-likeness (QED) is 0.398. The minimum Gasteiger partial charge on any atom is -0.383 e. The van der Waals surface area contributed by atoms with Gasteiger partial charge in [-0.3, -0.25) is 29.3 Å².